The molecule has 130 valence electrons. The highest BCUT2D eigenvalue weighted by Crippen LogP contribution is 2.44. The molecule has 0 saturated heterocycles. The lowest BCUT2D eigenvalue weighted by molar-refractivity contribution is -0.105. The molecule has 1 aliphatic heterocycles. The lowest BCUT2D eigenvalue weighted by Crippen LogP contribution is -2.00. The molecule has 26 heavy (non-hydrogen) atoms. The first kappa shape index (κ1) is 16.0. The Morgan fingerprint density at radius 3 is 2.46 bits per heavy atom. The van der Waals surface area contributed by atoms with Crippen LogP contribution in [0.1, 0.15) is 5.56 Å². The maximum atomic E-state index is 11.0. The highest BCUT2D eigenvalue weighted by atomic mass is 16.7. The van der Waals surface area contributed by atoms with Crippen molar-refractivity contribution in [1.29, 1.82) is 0 Å². The second-order valence-electron chi connectivity index (χ2n) is 5.78. The number of hydrogen-bond acceptors (Lipinski definition) is 4. The molecule has 0 spiro atoms. The Bertz CT molecular complexity index is 925. The van der Waals surface area contributed by atoms with Gasteiger partial charge in [-0.3, -0.25) is 4.79 Å². The predicted molar refractivity (Wildman–Crippen MR) is 98.5 cm³/mol. The molecule has 0 fully saturated rings. The number of nitrogens with one attached hydrogen (secondary N) is 1. The van der Waals surface area contributed by atoms with E-state index in [0.29, 0.717) is 36.0 Å². The minimum absolute atomic E-state index is 0.186. The zero-order chi connectivity index (χ0) is 17.8. The van der Waals surface area contributed by atoms with Crippen LogP contribution in [0.4, 0.5) is 5.69 Å². The van der Waals surface area contributed by atoms with Crippen LogP contribution < -0.4 is 19.5 Å². The van der Waals surface area contributed by atoms with Gasteiger partial charge < -0.3 is 19.5 Å². The Labute approximate surface area is 151 Å². The van der Waals surface area contributed by atoms with Crippen molar-refractivity contribution in [2.24, 2.45) is 0 Å². The summed E-state index contributed by atoms with van der Waals surface area (Å²) in [6.07, 6.45) is 0.663. The monoisotopic (exact) mass is 347 g/mol. The fraction of sp³-hybridized carbons (Fsp3) is 0.0952. The molecule has 3 aromatic rings. The van der Waals surface area contributed by atoms with Crippen molar-refractivity contribution < 1.29 is 19.0 Å². The molecular weight excluding hydrogens is 330 g/mol. The molecule has 0 aliphatic carbocycles. The summed E-state index contributed by atoms with van der Waals surface area (Å²) in [6.45, 7) is 0.613. The van der Waals surface area contributed by atoms with Gasteiger partial charge in [-0.2, -0.15) is 0 Å². The molecule has 0 aromatic heterocycles. The fourth-order valence-corrected chi connectivity index (χ4v) is 2.90. The molecule has 0 radical (unpaired) electrons. The molecule has 0 atom stereocenters. The number of hydrogen-bond donors (Lipinski definition) is 1. The van der Waals surface area contributed by atoms with Crippen LogP contribution in [0.5, 0.6) is 17.2 Å². The van der Waals surface area contributed by atoms with Gasteiger partial charge in [-0.15, -0.1) is 0 Å². The van der Waals surface area contributed by atoms with Crippen molar-refractivity contribution in [2.75, 3.05) is 12.1 Å². The van der Waals surface area contributed by atoms with E-state index in [2.05, 4.69) is 5.32 Å². The molecule has 5 nitrogen and oxygen atoms in total. The highest BCUT2D eigenvalue weighted by molar-refractivity contribution is 5.88. The topological polar surface area (TPSA) is 56.8 Å². The Kier molecular flexibility index (Phi) is 4.43. The summed E-state index contributed by atoms with van der Waals surface area (Å²) in [4.78, 5) is 11.0. The summed E-state index contributed by atoms with van der Waals surface area (Å²) in [7, 11) is 0. The van der Waals surface area contributed by atoms with Crippen LogP contribution in [0.3, 0.4) is 0 Å². The Balaban J connectivity index is 1.74. The number of carbonyl (C=O) groups excluding carboxylic acids is 1. The van der Waals surface area contributed by atoms with E-state index < -0.39 is 0 Å². The van der Waals surface area contributed by atoms with Crippen molar-refractivity contribution in [3.63, 3.8) is 0 Å². The number of amides is 1. The summed E-state index contributed by atoms with van der Waals surface area (Å²) in [5.41, 5.74) is 3.44. The van der Waals surface area contributed by atoms with Crippen LogP contribution >= 0.6 is 0 Å². The lowest BCUT2D eigenvalue weighted by Gasteiger charge is -2.15. The quantitative estimate of drug-likeness (QED) is 0.678. The van der Waals surface area contributed by atoms with Gasteiger partial charge in [-0.05, 0) is 17.7 Å². The second kappa shape index (κ2) is 7.19. The molecule has 1 amide bonds. The first-order chi connectivity index (χ1) is 12.8. The zero-order valence-corrected chi connectivity index (χ0v) is 14.0. The molecule has 3 aromatic carbocycles. The standard InChI is InChI=1S/C21H17NO4/c23-13-22-18-9-5-4-8-16(18)17-10-20-21(26-14-25-20)11-19(17)24-12-15-6-2-1-3-7-15/h1-11,13H,12,14H2,(H,22,23). The second-order valence-corrected chi connectivity index (χ2v) is 5.78. The number of para-hydroxylation sites is 1. The molecule has 1 heterocycles. The van der Waals surface area contributed by atoms with Crippen LogP contribution in [0.25, 0.3) is 11.1 Å². The van der Waals surface area contributed by atoms with E-state index in [1.54, 1.807) is 0 Å². The first-order valence-electron chi connectivity index (χ1n) is 8.25. The van der Waals surface area contributed by atoms with Crippen LogP contribution in [0.15, 0.2) is 66.7 Å². The van der Waals surface area contributed by atoms with E-state index in [4.69, 9.17) is 14.2 Å². The van der Waals surface area contributed by atoms with Gasteiger partial charge in [0, 0.05) is 22.9 Å². The van der Waals surface area contributed by atoms with Gasteiger partial charge in [-0.1, -0.05) is 48.5 Å². The summed E-state index contributed by atoms with van der Waals surface area (Å²) in [5, 5.41) is 2.74. The average Bonchev–Trinajstić information content (AvgIpc) is 3.14. The molecule has 1 N–H and O–H groups in total. The minimum atomic E-state index is 0.186. The average molecular weight is 347 g/mol. The van der Waals surface area contributed by atoms with E-state index in [9.17, 15) is 4.79 Å². The summed E-state index contributed by atoms with van der Waals surface area (Å²) in [6, 6.07) is 21.2. The number of ether oxygens (including phenoxy) is 3. The smallest absolute Gasteiger partial charge is 0.231 e. The Morgan fingerprint density at radius 1 is 0.923 bits per heavy atom. The van der Waals surface area contributed by atoms with Crippen molar-refractivity contribution in [1.82, 2.24) is 0 Å². The third-order valence-electron chi connectivity index (χ3n) is 4.14. The Hall–Kier alpha value is -3.47. The van der Waals surface area contributed by atoms with E-state index >= 15 is 0 Å². The SMILES string of the molecule is O=CNc1ccccc1-c1cc2c(cc1OCc1ccccc1)OCO2. The number of carbonyl (C=O) groups is 1. The van der Waals surface area contributed by atoms with Crippen LogP contribution in [-0.4, -0.2) is 13.2 Å². The van der Waals surface area contributed by atoms with E-state index in [1.165, 1.54) is 0 Å². The molecule has 4 rings (SSSR count). The maximum Gasteiger partial charge on any atom is 0.231 e. The van der Waals surface area contributed by atoms with E-state index in [-0.39, 0.29) is 6.79 Å². The van der Waals surface area contributed by atoms with Crippen molar-refractivity contribution in [2.45, 2.75) is 6.61 Å². The minimum Gasteiger partial charge on any atom is -0.488 e. The van der Waals surface area contributed by atoms with Gasteiger partial charge in [0.25, 0.3) is 0 Å². The normalized spacial score (nSPS) is 11.8. The van der Waals surface area contributed by atoms with Gasteiger partial charge in [-0.25, -0.2) is 0 Å². The van der Waals surface area contributed by atoms with Gasteiger partial charge in [0.1, 0.15) is 12.4 Å². The molecule has 0 bridgehead atoms. The largest absolute Gasteiger partial charge is 0.488 e. The Morgan fingerprint density at radius 2 is 1.65 bits per heavy atom. The van der Waals surface area contributed by atoms with Crippen molar-refractivity contribution in [3.8, 4) is 28.4 Å². The molecule has 0 saturated carbocycles. The molecule has 1 aliphatic rings. The van der Waals surface area contributed by atoms with Gasteiger partial charge in [0.2, 0.25) is 13.2 Å². The molecule has 0 unspecified atom stereocenters. The van der Waals surface area contributed by atoms with Crippen LogP contribution in [-0.2, 0) is 11.4 Å². The van der Waals surface area contributed by atoms with Gasteiger partial charge in [0.05, 0.1) is 0 Å². The predicted octanol–water partition coefficient (Wildman–Crippen LogP) is 4.23. The van der Waals surface area contributed by atoms with Crippen molar-refractivity contribution >= 4 is 12.1 Å². The third-order valence-corrected chi connectivity index (χ3v) is 4.14. The number of anilines is 1. The van der Waals surface area contributed by atoms with Crippen LogP contribution in [0.2, 0.25) is 0 Å². The summed E-state index contributed by atoms with van der Waals surface area (Å²) >= 11 is 0. The van der Waals surface area contributed by atoms with Crippen LogP contribution in [0, 0.1) is 0 Å². The molecular formula is C21H17NO4. The maximum absolute atomic E-state index is 11.0. The molecule has 5 heteroatoms. The van der Waals surface area contributed by atoms with E-state index in [1.807, 2.05) is 66.7 Å². The number of fused-ring (bicyclic) bond motifs is 1. The van der Waals surface area contributed by atoms with Crippen molar-refractivity contribution in [3.05, 3.63) is 72.3 Å². The van der Waals surface area contributed by atoms with Gasteiger partial charge >= 0.3 is 0 Å². The lowest BCUT2D eigenvalue weighted by atomic mass is 10.0. The summed E-state index contributed by atoms with van der Waals surface area (Å²) in [5.74, 6) is 1.98. The first-order valence-corrected chi connectivity index (χ1v) is 8.25. The number of benzene rings is 3. The third kappa shape index (κ3) is 3.19. The van der Waals surface area contributed by atoms with E-state index in [0.717, 1.165) is 16.7 Å². The van der Waals surface area contributed by atoms with Gasteiger partial charge in [0.15, 0.2) is 11.5 Å². The summed E-state index contributed by atoms with van der Waals surface area (Å²) < 4.78 is 17.1. The highest BCUT2D eigenvalue weighted by Gasteiger charge is 2.20. The number of rotatable bonds is 6. The zero-order valence-electron chi connectivity index (χ0n) is 14.0. The fourth-order valence-electron chi connectivity index (χ4n) is 2.90.